The number of nitrogens with zero attached hydrogens (tertiary/aromatic N) is 2. The fourth-order valence-electron chi connectivity index (χ4n) is 1.55. The summed E-state index contributed by atoms with van der Waals surface area (Å²) in [5.41, 5.74) is 6.59. The fraction of sp³-hybridized carbons (Fsp3) is 0.556. The normalized spacial score (nSPS) is 18.1. The van der Waals surface area contributed by atoms with Crippen molar-refractivity contribution >= 4 is 5.97 Å². The quantitative estimate of drug-likeness (QED) is 0.740. The molecule has 1 heterocycles. The van der Waals surface area contributed by atoms with Crippen LogP contribution in [0.15, 0.2) is 12.5 Å². The first-order chi connectivity index (χ1) is 6.68. The first-order valence-corrected chi connectivity index (χ1v) is 4.67. The zero-order chi connectivity index (χ0) is 10.1. The molecule has 1 unspecified atom stereocenters. The Labute approximate surface area is 81.5 Å². The molecule has 3 N–H and O–H groups in total. The van der Waals surface area contributed by atoms with E-state index in [1.807, 2.05) is 4.57 Å². The predicted octanol–water partition coefficient (Wildman–Crippen LogP) is 0.692. The second-order valence-corrected chi connectivity index (χ2v) is 3.66. The topological polar surface area (TPSA) is 81.1 Å². The lowest BCUT2D eigenvalue weighted by molar-refractivity contribution is -0.137. The molecular weight excluding hydrogens is 182 g/mol. The van der Waals surface area contributed by atoms with Crippen molar-refractivity contribution in [3.05, 3.63) is 18.2 Å². The summed E-state index contributed by atoms with van der Waals surface area (Å²) < 4.78 is 1.99. The van der Waals surface area contributed by atoms with Gasteiger partial charge in [-0.1, -0.05) is 0 Å². The van der Waals surface area contributed by atoms with Crippen molar-refractivity contribution in [3.63, 3.8) is 0 Å². The van der Waals surface area contributed by atoms with Crippen LogP contribution in [0.2, 0.25) is 0 Å². The molecule has 1 fully saturated rings. The minimum absolute atomic E-state index is 0.0432. The van der Waals surface area contributed by atoms with Gasteiger partial charge in [-0.05, 0) is 12.8 Å². The standard InChI is InChI=1S/C9H13N3O2/c10-7(3-9(13)14)8-4-11-5-12(8)6-1-2-6/h4-7H,1-3,10H2,(H,13,14). The van der Waals surface area contributed by atoms with E-state index in [0.717, 1.165) is 18.5 Å². The molecule has 0 aliphatic heterocycles. The Morgan fingerprint density at radius 2 is 2.50 bits per heavy atom. The number of carboxylic acid groups (broad SMARTS) is 1. The van der Waals surface area contributed by atoms with Gasteiger partial charge in [-0.25, -0.2) is 4.98 Å². The highest BCUT2D eigenvalue weighted by Gasteiger charge is 2.27. The molecule has 1 aliphatic carbocycles. The van der Waals surface area contributed by atoms with Crippen molar-refractivity contribution in [3.8, 4) is 0 Å². The minimum Gasteiger partial charge on any atom is -0.481 e. The number of nitrogens with two attached hydrogens (primary N) is 1. The molecule has 14 heavy (non-hydrogen) atoms. The maximum Gasteiger partial charge on any atom is 0.305 e. The Balaban J connectivity index is 2.13. The molecule has 1 aliphatic rings. The number of imidazole rings is 1. The van der Waals surface area contributed by atoms with Crippen molar-refractivity contribution in [2.45, 2.75) is 31.3 Å². The highest BCUT2D eigenvalue weighted by Crippen LogP contribution is 2.36. The van der Waals surface area contributed by atoms with Gasteiger partial charge in [-0.2, -0.15) is 0 Å². The second-order valence-electron chi connectivity index (χ2n) is 3.66. The van der Waals surface area contributed by atoms with Crippen molar-refractivity contribution in [1.82, 2.24) is 9.55 Å². The molecule has 1 aromatic rings. The zero-order valence-electron chi connectivity index (χ0n) is 7.76. The lowest BCUT2D eigenvalue weighted by Crippen LogP contribution is -2.18. The van der Waals surface area contributed by atoms with Crippen LogP contribution in [-0.2, 0) is 4.79 Å². The molecule has 0 spiro atoms. The van der Waals surface area contributed by atoms with E-state index in [0.29, 0.717) is 6.04 Å². The molecule has 0 bridgehead atoms. The SMILES string of the molecule is NC(CC(=O)O)c1cncn1C1CC1. The number of aliphatic carboxylic acids is 1. The van der Waals surface area contributed by atoms with Gasteiger partial charge in [0.15, 0.2) is 0 Å². The molecular formula is C9H13N3O2. The summed E-state index contributed by atoms with van der Waals surface area (Å²) in [6, 6.07) is 0.0444. The summed E-state index contributed by atoms with van der Waals surface area (Å²) in [5, 5.41) is 8.62. The second kappa shape index (κ2) is 3.42. The van der Waals surface area contributed by atoms with Gasteiger partial charge in [0.2, 0.25) is 0 Å². The van der Waals surface area contributed by atoms with E-state index in [2.05, 4.69) is 4.98 Å². The maximum atomic E-state index is 10.5. The van der Waals surface area contributed by atoms with E-state index in [-0.39, 0.29) is 6.42 Å². The number of rotatable bonds is 4. The van der Waals surface area contributed by atoms with Crippen LogP contribution < -0.4 is 5.73 Å². The largest absolute Gasteiger partial charge is 0.481 e. The number of carbonyl (C=O) groups is 1. The lowest BCUT2D eigenvalue weighted by Gasteiger charge is -2.11. The van der Waals surface area contributed by atoms with E-state index >= 15 is 0 Å². The van der Waals surface area contributed by atoms with Crippen molar-refractivity contribution in [2.75, 3.05) is 0 Å². The number of hydrogen-bond acceptors (Lipinski definition) is 3. The number of aromatic nitrogens is 2. The fourth-order valence-corrected chi connectivity index (χ4v) is 1.55. The molecule has 0 aromatic carbocycles. The summed E-state index contributed by atoms with van der Waals surface area (Å²) in [7, 11) is 0. The van der Waals surface area contributed by atoms with Crippen LogP contribution in [0, 0.1) is 0 Å². The Morgan fingerprint density at radius 1 is 1.79 bits per heavy atom. The maximum absolute atomic E-state index is 10.5. The number of carboxylic acids is 1. The van der Waals surface area contributed by atoms with Gasteiger partial charge in [-0.15, -0.1) is 0 Å². The van der Waals surface area contributed by atoms with Gasteiger partial charge in [-0.3, -0.25) is 4.79 Å². The predicted molar refractivity (Wildman–Crippen MR) is 49.7 cm³/mol. The van der Waals surface area contributed by atoms with Crippen LogP contribution in [0.4, 0.5) is 0 Å². The smallest absolute Gasteiger partial charge is 0.305 e. The van der Waals surface area contributed by atoms with Crippen LogP contribution in [0.25, 0.3) is 0 Å². The number of hydrogen-bond donors (Lipinski definition) is 2. The monoisotopic (exact) mass is 195 g/mol. The van der Waals surface area contributed by atoms with E-state index in [4.69, 9.17) is 10.8 Å². The van der Waals surface area contributed by atoms with Crippen LogP contribution in [-0.4, -0.2) is 20.6 Å². The van der Waals surface area contributed by atoms with Gasteiger partial charge in [0, 0.05) is 12.2 Å². The molecule has 1 atom stereocenters. The summed E-state index contributed by atoms with van der Waals surface area (Å²) in [6.45, 7) is 0. The third-order valence-electron chi connectivity index (χ3n) is 2.41. The summed E-state index contributed by atoms with van der Waals surface area (Å²) in [5.74, 6) is -0.874. The molecule has 0 saturated heterocycles. The molecule has 0 radical (unpaired) electrons. The Kier molecular flexibility index (Phi) is 2.25. The van der Waals surface area contributed by atoms with Crippen molar-refractivity contribution < 1.29 is 9.90 Å². The third kappa shape index (κ3) is 1.77. The Bertz CT molecular complexity index is 344. The van der Waals surface area contributed by atoms with Gasteiger partial charge < -0.3 is 15.4 Å². The van der Waals surface area contributed by atoms with Gasteiger partial charge in [0.25, 0.3) is 0 Å². The van der Waals surface area contributed by atoms with E-state index in [9.17, 15) is 4.79 Å². The van der Waals surface area contributed by atoms with Gasteiger partial charge in [0.05, 0.1) is 24.5 Å². The highest BCUT2D eigenvalue weighted by atomic mass is 16.4. The average Bonchev–Trinajstić information content (AvgIpc) is 2.82. The van der Waals surface area contributed by atoms with Crippen LogP contribution in [0.3, 0.4) is 0 Å². The van der Waals surface area contributed by atoms with Crippen LogP contribution in [0.5, 0.6) is 0 Å². The summed E-state index contributed by atoms with van der Waals surface area (Å²) >= 11 is 0. The minimum atomic E-state index is -0.874. The van der Waals surface area contributed by atoms with Crippen LogP contribution in [0.1, 0.15) is 37.0 Å². The molecule has 5 nitrogen and oxygen atoms in total. The third-order valence-corrected chi connectivity index (χ3v) is 2.41. The van der Waals surface area contributed by atoms with Gasteiger partial charge >= 0.3 is 5.97 Å². The van der Waals surface area contributed by atoms with Crippen molar-refractivity contribution in [2.24, 2.45) is 5.73 Å². The first kappa shape index (κ1) is 9.21. The Morgan fingerprint density at radius 3 is 3.07 bits per heavy atom. The highest BCUT2D eigenvalue weighted by molar-refractivity contribution is 5.67. The van der Waals surface area contributed by atoms with Gasteiger partial charge in [0.1, 0.15) is 0 Å². The Hall–Kier alpha value is -1.36. The summed E-state index contributed by atoms with van der Waals surface area (Å²) in [4.78, 5) is 14.5. The van der Waals surface area contributed by atoms with E-state index in [1.54, 1.807) is 12.5 Å². The van der Waals surface area contributed by atoms with Crippen molar-refractivity contribution in [1.29, 1.82) is 0 Å². The lowest BCUT2D eigenvalue weighted by atomic mass is 10.1. The average molecular weight is 195 g/mol. The first-order valence-electron chi connectivity index (χ1n) is 4.67. The zero-order valence-corrected chi connectivity index (χ0v) is 7.76. The van der Waals surface area contributed by atoms with E-state index < -0.39 is 12.0 Å². The summed E-state index contributed by atoms with van der Waals surface area (Å²) in [6.07, 6.45) is 5.63. The molecule has 1 saturated carbocycles. The molecule has 5 heteroatoms. The molecule has 0 amide bonds. The molecule has 76 valence electrons. The van der Waals surface area contributed by atoms with Crippen LogP contribution >= 0.6 is 0 Å². The molecule has 2 rings (SSSR count). The molecule has 1 aromatic heterocycles. The van der Waals surface area contributed by atoms with E-state index in [1.165, 1.54) is 0 Å².